The van der Waals surface area contributed by atoms with Gasteiger partial charge in [-0.3, -0.25) is 9.52 Å². The third-order valence-electron chi connectivity index (χ3n) is 3.81. The normalized spacial score (nSPS) is 11.6. The molecule has 10 heteroatoms. The molecule has 0 unspecified atom stereocenters. The lowest BCUT2D eigenvalue weighted by Crippen LogP contribution is -2.19. The number of para-hydroxylation sites is 3. The molecule has 0 fully saturated rings. The van der Waals surface area contributed by atoms with Crippen molar-refractivity contribution in [3.8, 4) is 5.75 Å². The van der Waals surface area contributed by atoms with E-state index in [0.717, 1.165) is 6.07 Å². The molecule has 1 amide bonds. The van der Waals surface area contributed by atoms with Crippen molar-refractivity contribution in [2.45, 2.75) is 11.3 Å². The van der Waals surface area contributed by atoms with Crippen molar-refractivity contribution >= 4 is 27.3 Å². The Kier molecular flexibility index (Phi) is 5.97. The number of sulfonamides is 1. The summed E-state index contributed by atoms with van der Waals surface area (Å²) in [5, 5.41) is 2.32. The standard InChI is InChI=1S/C20H15F3N2O4S/c21-20(22,23)29-18-9-5-4-8-17(18)24-19(26)14-10-12-16(13-11-14)30(27,28)25-15-6-2-1-3-7-15/h1-13,25H,(H,24,26). The molecular formula is C20H15F3N2O4S. The molecule has 3 aromatic rings. The molecule has 0 atom stereocenters. The number of nitrogens with one attached hydrogen (secondary N) is 2. The van der Waals surface area contributed by atoms with Gasteiger partial charge < -0.3 is 10.1 Å². The summed E-state index contributed by atoms with van der Waals surface area (Å²) in [6.45, 7) is 0. The minimum absolute atomic E-state index is 0.0514. The average molecular weight is 436 g/mol. The Morgan fingerprint density at radius 3 is 2.07 bits per heavy atom. The van der Waals surface area contributed by atoms with Crippen LogP contribution in [0.5, 0.6) is 5.75 Å². The van der Waals surface area contributed by atoms with E-state index in [9.17, 15) is 26.4 Å². The zero-order chi connectivity index (χ0) is 21.8. The quantitative estimate of drug-likeness (QED) is 0.590. The number of amides is 1. The summed E-state index contributed by atoms with van der Waals surface area (Å²) < 4.78 is 68.6. The maximum Gasteiger partial charge on any atom is 0.573 e. The second-order valence-corrected chi connectivity index (χ2v) is 7.68. The van der Waals surface area contributed by atoms with E-state index in [2.05, 4.69) is 14.8 Å². The predicted molar refractivity (Wildman–Crippen MR) is 105 cm³/mol. The number of ether oxygens (including phenoxy) is 1. The van der Waals surface area contributed by atoms with Crippen molar-refractivity contribution in [2.24, 2.45) is 0 Å². The van der Waals surface area contributed by atoms with Gasteiger partial charge in [0.15, 0.2) is 5.75 Å². The Labute approximate surface area is 170 Å². The number of rotatable bonds is 6. The fourth-order valence-electron chi connectivity index (χ4n) is 2.48. The average Bonchev–Trinajstić information content (AvgIpc) is 2.69. The topological polar surface area (TPSA) is 84.5 Å². The number of hydrogen-bond acceptors (Lipinski definition) is 4. The van der Waals surface area contributed by atoms with Crippen LogP contribution in [0.25, 0.3) is 0 Å². The van der Waals surface area contributed by atoms with Crippen LogP contribution in [0.4, 0.5) is 24.5 Å². The summed E-state index contributed by atoms with van der Waals surface area (Å²) >= 11 is 0. The van der Waals surface area contributed by atoms with Crippen molar-refractivity contribution < 1.29 is 31.1 Å². The molecule has 30 heavy (non-hydrogen) atoms. The molecule has 0 saturated carbocycles. The lowest BCUT2D eigenvalue weighted by Gasteiger charge is -2.14. The second kappa shape index (κ2) is 8.46. The highest BCUT2D eigenvalue weighted by Gasteiger charge is 2.32. The molecule has 0 aliphatic heterocycles. The first-order valence-electron chi connectivity index (χ1n) is 8.48. The van der Waals surface area contributed by atoms with Crippen LogP contribution in [-0.2, 0) is 10.0 Å². The molecule has 6 nitrogen and oxygen atoms in total. The van der Waals surface area contributed by atoms with Crippen LogP contribution in [-0.4, -0.2) is 20.7 Å². The fourth-order valence-corrected chi connectivity index (χ4v) is 3.54. The molecule has 156 valence electrons. The number of carbonyl (C=O) groups is 1. The van der Waals surface area contributed by atoms with Crippen LogP contribution in [0.3, 0.4) is 0 Å². The van der Waals surface area contributed by atoms with Gasteiger partial charge in [-0.05, 0) is 48.5 Å². The maximum atomic E-state index is 12.5. The van der Waals surface area contributed by atoms with Crippen LogP contribution in [0.2, 0.25) is 0 Å². The van der Waals surface area contributed by atoms with Crippen LogP contribution >= 0.6 is 0 Å². The molecule has 0 aliphatic carbocycles. The molecule has 0 aromatic heterocycles. The summed E-state index contributed by atoms with van der Waals surface area (Å²) in [5.74, 6) is -1.29. The number of carbonyl (C=O) groups excluding carboxylic acids is 1. The van der Waals surface area contributed by atoms with Gasteiger partial charge in [0.25, 0.3) is 15.9 Å². The molecule has 0 heterocycles. The second-order valence-electron chi connectivity index (χ2n) is 5.99. The lowest BCUT2D eigenvalue weighted by atomic mass is 10.2. The van der Waals surface area contributed by atoms with Gasteiger partial charge in [0.05, 0.1) is 10.6 Å². The first kappa shape index (κ1) is 21.2. The third-order valence-corrected chi connectivity index (χ3v) is 5.21. The highest BCUT2D eigenvalue weighted by molar-refractivity contribution is 7.92. The van der Waals surface area contributed by atoms with Crippen molar-refractivity contribution in [1.82, 2.24) is 0 Å². The smallest absolute Gasteiger partial charge is 0.404 e. The SMILES string of the molecule is O=C(Nc1ccccc1OC(F)(F)F)c1ccc(S(=O)(=O)Nc2ccccc2)cc1. The number of halogens is 3. The highest BCUT2D eigenvalue weighted by Crippen LogP contribution is 2.30. The van der Waals surface area contributed by atoms with E-state index in [1.165, 1.54) is 42.5 Å². The third kappa shape index (κ3) is 5.51. The van der Waals surface area contributed by atoms with Gasteiger partial charge in [-0.25, -0.2) is 8.42 Å². The summed E-state index contributed by atoms with van der Waals surface area (Å²) in [7, 11) is -3.87. The fraction of sp³-hybridized carbons (Fsp3) is 0.0500. The van der Waals surface area contributed by atoms with E-state index >= 15 is 0 Å². The number of benzene rings is 3. The van der Waals surface area contributed by atoms with Crippen molar-refractivity contribution in [3.05, 3.63) is 84.4 Å². The summed E-state index contributed by atoms with van der Waals surface area (Å²) in [6.07, 6.45) is -4.91. The monoisotopic (exact) mass is 436 g/mol. The Morgan fingerprint density at radius 1 is 0.833 bits per heavy atom. The molecular weight excluding hydrogens is 421 g/mol. The summed E-state index contributed by atoms with van der Waals surface area (Å²) in [6, 6.07) is 18.3. The van der Waals surface area contributed by atoms with E-state index < -0.39 is 28.0 Å². The largest absolute Gasteiger partial charge is 0.573 e. The molecule has 3 aromatic carbocycles. The Morgan fingerprint density at radius 2 is 1.43 bits per heavy atom. The van der Waals surface area contributed by atoms with Gasteiger partial charge in [0, 0.05) is 11.3 Å². The highest BCUT2D eigenvalue weighted by atomic mass is 32.2. The molecule has 0 bridgehead atoms. The van der Waals surface area contributed by atoms with Crippen molar-refractivity contribution in [1.29, 1.82) is 0 Å². The minimum atomic E-state index is -4.91. The van der Waals surface area contributed by atoms with Gasteiger partial charge in [0.2, 0.25) is 0 Å². The molecule has 2 N–H and O–H groups in total. The zero-order valence-electron chi connectivity index (χ0n) is 15.2. The molecule has 0 radical (unpaired) electrons. The number of hydrogen-bond donors (Lipinski definition) is 2. The van der Waals surface area contributed by atoms with Gasteiger partial charge >= 0.3 is 6.36 Å². The van der Waals surface area contributed by atoms with Crippen molar-refractivity contribution in [2.75, 3.05) is 10.0 Å². The predicted octanol–water partition coefficient (Wildman–Crippen LogP) is 4.64. The van der Waals surface area contributed by atoms with E-state index in [0.29, 0.717) is 5.69 Å². The van der Waals surface area contributed by atoms with Gasteiger partial charge in [-0.15, -0.1) is 13.2 Å². The lowest BCUT2D eigenvalue weighted by molar-refractivity contribution is -0.274. The zero-order valence-corrected chi connectivity index (χ0v) is 16.0. The molecule has 3 rings (SSSR count). The Bertz CT molecular complexity index is 1130. The van der Waals surface area contributed by atoms with E-state index in [1.54, 1.807) is 30.3 Å². The molecule has 0 aliphatic rings. The van der Waals surface area contributed by atoms with Crippen LogP contribution in [0, 0.1) is 0 Å². The summed E-state index contributed by atoms with van der Waals surface area (Å²) in [4.78, 5) is 12.3. The maximum absolute atomic E-state index is 12.5. The van der Waals surface area contributed by atoms with E-state index in [4.69, 9.17) is 0 Å². The minimum Gasteiger partial charge on any atom is -0.404 e. The van der Waals surface area contributed by atoms with Crippen LogP contribution in [0.1, 0.15) is 10.4 Å². The van der Waals surface area contributed by atoms with Gasteiger partial charge in [-0.1, -0.05) is 30.3 Å². The molecule has 0 spiro atoms. The molecule has 0 saturated heterocycles. The number of anilines is 2. The first-order valence-corrected chi connectivity index (χ1v) is 9.96. The number of alkyl halides is 3. The van der Waals surface area contributed by atoms with Gasteiger partial charge in [-0.2, -0.15) is 0 Å². The first-order chi connectivity index (χ1) is 14.1. The Balaban J connectivity index is 1.75. The van der Waals surface area contributed by atoms with E-state index in [1.807, 2.05) is 0 Å². The Hall–Kier alpha value is -3.53. The van der Waals surface area contributed by atoms with Crippen molar-refractivity contribution in [3.63, 3.8) is 0 Å². The van der Waals surface area contributed by atoms with Gasteiger partial charge in [0.1, 0.15) is 0 Å². The van der Waals surface area contributed by atoms with E-state index in [-0.39, 0.29) is 16.1 Å². The summed E-state index contributed by atoms with van der Waals surface area (Å²) in [5.41, 5.74) is 0.248. The van der Waals surface area contributed by atoms with Crippen LogP contribution in [0.15, 0.2) is 83.8 Å². The van der Waals surface area contributed by atoms with Crippen LogP contribution < -0.4 is 14.8 Å².